The van der Waals surface area contributed by atoms with Gasteiger partial charge in [-0.25, -0.2) is 0 Å². The summed E-state index contributed by atoms with van der Waals surface area (Å²) in [6.07, 6.45) is 6.31. The molecule has 0 saturated carbocycles. The minimum absolute atomic E-state index is 0.0241. The van der Waals surface area contributed by atoms with E-state index in [9.17, 15) is 4.79 Å². The Morgan fingerprint density at radius 2 is 2.47 bits per heavy atom. The highest BCUT2D eigenvalue weighted by atomic mass is 32.2. The molecule has 0 radical (unpaired) electrons. The maximum Gasteiger partial charge on any atom is 0.302 e. The molecule has 0 aromatic heterocycles. The fraction of sp³-hybridized carbons (Fsp3) is 0.818. The van der Waals surface area contributed by atoms with Gasteiger partial charge >= 0.3 is 5.97 Å². The molecule has 0 aromatic carbocycles. The highest BCUT2D eigenvalue weighted by molar-refractivity contribution is 8.13. The van der Waals surface area contributed by atoms with Gasteiger partial charge < -0.3 is 4.74 Å². The van der Waals surface area contributed by atoms with Crippen LogP contribution in [0.4, 0.5) is 0 Å². The van der Waals surface area contributed by atoms with Crippen molar-refractivity contribution in [1.29, 1.82) is 0 Å². The van der Waals surface area contributed by atoms with Gasteiger partial charge in [-0.2, -0.15) is 0 Å². The molecule has 1 heterocycles. The lowest BCUT2D eigenvalue weighted by Gasteiger charge is -2.13. The zero-order chi connectivity index (χ0) is 11.3. The van der Waals surface area contributed by atoms with Crippen LogP contribution in [0.15, 0.2) is 4.99 Å². The van der Waals surface area contributed by atoms with Gasteiger partial charge in [0.2, 0.25) is 0 Å². The van der Waals surface area contributed by atoms with Crippen molar-refractivity contribution >= 4 is 22.8 Å². The second-order valence-corrected chi connectivity index (χ2v) is 4.80. The van der Waals surface area contributed by atoms with Crippen molar-refractivity contribution in [2.45, 2.75) is 51.7 Å². The van der Waals surface area contributed by atoms with Crippen LogP contribution in [0, 0.1) is 0 Å². The standard InChI is InChI=1S/C11H19NO2S/c1-8(14-9(2)13)4-5-10-6-7-11(12-10)15-3/h8,10H,4-7H2,1-3H3. The normalized spacial score (nSPS) is 22.3. The van der Waals surface area contributed by atoms with Crippen LogP contribution in [0.25, 0.3) is 0 Å². The van der Waals surface area contributed by atoms with Crippen molar-refractivity contribution < 1.29 is 9.53 Å². The summed E-state index contributed by atoms with van der Waals surface area (Å²) in [6.45, 7) is 3.39. The molecule has 0 amide bonds. The third-order valence-electron chi connectivity index (χ3n) is 2.53. The van der Waals surface area contributed by atoms with Gasteiger partial charge in [-0.05, 0) is 38.9 Å². The number of thioether (sulfide) groups is 1. The van der Waals surface area contributed by atoms with Crippen LogP contribution in [0.5, 0.6) is 0 Å². The van der Waals surface area contributed by atoms with Crippen molar-refractivity contribution in [3.63, 3.8) is 0 Å². The molecular weight excluding hydrogens is 210 g/mol. The summed E-state index contributed by atoms with van der Waals surface area (Å²) in [4.78, 5) is 15.3. The van der Waals surface area contributed by atoms with Gasteiger partial charge in [0, 0.05) is 6.92 Å². The van der Waals surface area contributed by atoms with Crippen molar-refractivity contribution in [3.8, 4) is 0 Å². The van der Waals surface area contributed by atoms with Crippen molar-refractivity contribution in [1.82, 2.24) is 0 Å². The molecule has 0 fully saturated rings. The molecule has 4 heteroatoms. The topological polar surface area (TPSA) is 38.7 Å². The fourth-order valence-electron chi connectivity index (χ4n) is 1.76. The predicted octanol–water partition coefficient (Wildman–Crippen LogP) is 2.64. The zero-order valence-corrected chi connectivity index (χ0v) is 10.5. The summed E-state index contributed by atoms with van der Waals surface area (Å²) in [5.74, 6) is -0.192. The molecule has 15 heavy (non-hydrogen) atoms. The van der Waals surface area contributed by atoms with E-state index in [-0.39, 0.29) is 12.1 Å². The maximum absolute atomic E-state index is 10.7. The second kappa shape index (κ2) is 6.16. The lowest BCUT2D eigenvalue weighted by atomic mass is 10.1. The molecule has 3 nitrogen and oxygen atoms in total. The van der Waals surface area contributed by atoms with E-state index < -0.39 is 0 Å². The Morgan fingerprint density at radius 1 is 1.73 bits per heavy atom. The van der Waals surface area contributed by atoms with Gasteiger partial charge in [0.15, 0.2) is 0 Å². The third-order valence-corrected chi connectivity index (χ3v) is 3.31. The first-order chi connectivity index (χ1) is 7.11. The maximum atomic E-state index is 10.7. The van der Waals surface area contributed by atoms with Gasteiger partial charge in [0.05, 0.1) is 17.2 Å². The van der Waals surface area contributed by atoms with Gasteiger partial charge in [0.1, 0.15) is 0 Å². The van der Waals surface area contributed by atoms with Crippen molar-refractivity contribution in [2.75, 3.05) is 6.26 Å². The van der Waals surface area contributed by atoms with Crippen molar-refractivity contribution in [3.05, 3.63) is 0 Å². The Hall–Kier alpha value is -0.510. The van der Waals surface area contributed by atoms with Crippen molar-refractivity contribution in [2.24, 2.45) is 4.99 Å². The quantitative estimate of drug-likeness (QED) is 0.696. The van der Waals surface area contributed by atoms with Gasteiger partial charge in [-0.1, -0.05) is 0 Å². The van der Waals surface area contributed by atoms with Crippen LogP contribution in [0.3, 0.4) is 0 Å². The molecule has 1 aliphatic heterocycles. The minimum atomic E-state index is -0.192. The molecule has 1 rings (SSSR count). The molecule has 0 aromatic rings. The molecule has 2 unspecified atom stereocenters. The molecule has 1 aliphatic rings. The Kier molecular flexibility index (Phi) is 5.15. The lowest BCUT2D eigenvalue weighted by Crippen LogP contribution is -2.14. The summed E-state index contributed by atoms with van der Waals surface area (Å²) in [6, 6.07) is 0.449. The second-order valence-electron chi connectivity index (χ2n) is 3.92. The summed E-state index contributed by atoms with van der Waals surface area (Å²) in [7, 11) is 0. The van der Waals surface area contributed by atoms with E-state index in [2.05, 4.69) is 11.2 Å². The molecule has 0 aliphatic carbocycles. The lowest BCUT2D eigenvalue weighted by molar-refractivity contribution is -0.145. The SMILES string of the molecule is CSC1=NC(CCC(C)OC(C)=O)CC1. The minimum Gasteiger partial charge on any atom is -0.463 e. The van der Waals surface area contributed by atoms with Crippen LogP contribution in [-0.4, -0.2) is 29.4 Å². The zero-order valence-electron chi connectivity index (χ0n) is 9.66. The number of ether oxygens (including phenoxy) is 1. The predicted molar refractivity (Wildman–Crippen MR) is 64.4 cm³/mol. The summed E-state index contributed by atoms with van der Waals surface area (Å²) in [5.41, 5.74) is 0. The summed E-state index contributed by atoms with van der Waals surface area (Å²) >= 11 is 1.75. The number of hydrogen-bond donors (Lipinski definition) is 0. The van der Waals surface area contributed by atoms with E-state index in [1.807, 2.05) is 6.92 Å². The summed E-state index contributed by atoms with van der Waals surface area (Å²) < 4.78 is 5.07. The number of carbonyl (C=O) groups excluding carboxylic acids is 1. The number of aliphatic imine (C=N–C) groups is 1. The molecule has 0 saturated heterocycles. The number of esters is 1. The first kappa shape index (κ1) is 12.6. The van der Waals surface area contributed by atoms with Gasteiger partial charge in [0.25, 0.3) is 0 Å². The number of hydrogen-bond acceptors (Lipinski definition) is 4. The van der Waals surface area contributed by atoms with E-state index in [1.165, 1.54) is 12.0 Å². The van der Waals surface area contributed by atoms with E-state index >= 15 is 0 Å². The third kappa shape index (κ3) is 4.69. The van der Waals surface area contributed by atoms with E-state index in [0.717, 1.165) is 25.7 Å². The average molecular weight is 229 g/mol. The first-order valence-electron chi connectivity index (χ1n) is 5.39. The van der Waals surface area contributed by atoms with E-state index in [1.54, 1.807) is 11.8 Å². The Bertz CT molecular complexity index is 253. The van der Waals surface area contributed by atoms with E-state index in [0.29, 0.717) is 6.04 Å². The molecular formula is C11H19NO2S. The van der Waals surface area contributed by atoms with Crippen LogP contribution < -0.4 is 0 Å². The average Bonchev–Trinajstić information content (AvgIpc) is 2.61. The highest BCUT2D eigenvalue weighted by Gasteiger charge is 2.18. The number of carbonyl (C=O) groups is 1. The van der Waals surface area contributed by atoms with Crippen LogP contribution in [-0.2, 0) is 9.53 Å². The molecule has 0 bridgehead atoms. The largest absolute Gasteiger partial charge is 0.463 e. The van der Waals surface area contributed by atoms with Crippen LogP contribution in [0.2, 0.25) is 0 Å². The molecule has 0 spiro atoms. The smallest absolute Gasteiger partial charge is 0.302 e. The first-order valence-corrected chi connectivity index (χ1v) is 6.62. The fourth-order valence-corrected chi connectivity index (χ4v) is 2.33. The number of nitrogens with zero attached hydrogens (tertiary/aromatic N) is 1. The molecule has 86 valence electrons. The van der Waals surface area contributed by atoms with E-state index in [4.69, 9.17) is 4.74 Å². The van der Waals surface area contributed by atoms with Crippen LogP contribution in [0.1, 0.15) is 39.5 Å². The highest BCUT2D eigenvalue weighted by Crippen LogP contribution is 2.23. The molecule has 0 N–H and O–H groups in total. The van der Waals surface area contributed by atoms with Gasteiger partial charge in [-0.15, -0.1) is 11.8 Å². The van der Waals surface area contributed by atoms with Crippen LogP contribution >= 0.6 is 11.8 Å². The monoisotopic (exact) mass is 229 g/mol. The Morgan fingerprint density at radius 3 is 3.00 bits per heavy atom. The Labute approximate surface area is 95.7 Å². The van der Waals surface area contributed by atoms with Gasteiger partial charge in [-0.3, -0.25) is 9.79 Å². The number of rotatable bonds is 4. The summed E-state index contributed by atoms with van der Waals surface area (Å²) in [5, 5.41) is 1.26. The molecule has 2 atom stereocenters. The Balaban J connectivity index is 2.20.